The third-order valence-corrected chi connectivity index (χ3v) is 9.69. The van der Waals surface area contributed by atoms with Crippen LogP contribution in [0.4, 0.5) is 0 Å². The summed E-state index contributed by atoms with van der Waals surface area (Å²) in [6.07, 6.45) is 1.84. The number of para-hydroxylation sites is 1. The van der Waals surface area contributed by atoms with E-state index in [1.165, 1.54) is 0 Å². The number of fused-ring (bicyclic) bond motifs is 7. The van der Waals surface area contributed by atoms with Crippen molar-refractivity contribution in [2.45, 2.75) is 0 Å². The Balaban J connectivity index is 1.18. The molecule has 0 saturated heterocycles. The molecule has 4 heteroatoms. The Labute approximate surface area is 288 Å². The van der Waals surface area contributed by atoms with Crippen molar-refractivity contribution in [2.75, 3.05) is 0 Å². The third kappa shape index (κ3) is 4.61. The molecule has 10 aromatic rings. The second kappa shape index (κ2) is 11.4. The number of hydrogen-bond donors (Lipinski definition) is 0. The van der Waals surface area contributed by atoms with Crippen LogP contribution in [0.15, 0.2) is 170 Å². The van der Waals surface area contributed by atoms with Crippen LogP contribution in [0.5, 0.6) is 0 Å². The molecule has 0 aliphatic rings. The first kappa shape index (κ1) is 28.3. The molecule has 6 aromatic carbocycles. The Hall–Kier alpha value is -6.78. The molecule has 0 fully saturated rings. The van der Waals surface area contributed by atoms with Crippen LogP contribution in [-0.4, -0.2) is 19.9 Å². The van der Waals surface area contributed by atoms with Gasteiger partial charge < -0.3 is 0 Å². The molecule has 0 radical (unpaired) electrons. The lowest BCUT2D eigenvalue weighted by Gasteiger charge is -2.15. The van der Waals surface area contributed by atoms with Crippen molar-refractivity contribution >= 4 is 54.5 Å². The van der Waals surface area contributed by atoms with E-state index in [0.717, 1.165) is 99.3 Å². The fourth-order valence-corrected chi connectivity index (χ4v) is 7.26. The molecule has 232 valence electrons. The Kier molecular flexibility index (Phi) is 6.46. The molecule has 4 nitrogen and oxygen atoms in total. The predicted molar refractivity (Wildman–Crippen MR) is 207 cm³/mol. The van der Waals surface area contributed by atoms with Gasteiger partial charge in [-0.05, 0) is 41.0 Å². The van der Waals surface area contributed by atoms with Crippen LogP contribution in [0.2, 0.25) is 0 Å². The lowest BCUT2D eigenvalue weighted by Crippen LogP contribution is -1.94. The number of aromatic nitrogens is 4. The SMILES string of the molecule is c1ccc(-c2ccc3ccc4c(-c5ccc(-c6cc(-c7ccccc7)nc7c6ccc6cccnc67)cc5)c5ccccc5nc4c3n2)cc1. The zero-order valence-electron chi connectivity index (χ0n) is 27.0. The van der Waals surface area contributed by atoms with Crippen LogP contribution in [0.1, 0.15) is 0 Å². The molecule has 0 atom stereocenters. The highest BCUT2D eigenvalue weighted by Crippen LogP contribution is 2.40. The quantitative estimate of drug-likeness (QED) is 0.142. The van der Waals surface area contributed by atoms with E-state index in [0.29, 0.717) is 0 Å². The van der Waals surface area contributed by atoms with Crippen LogP contribution < -0.4 is 0 Å². The monoisotopic (exact) mass is 636 g/mol. The molecule has 0 N–H and O–H groups in total. The molecule has 0 bridgehead atoms. The average molecular weight is 637 g/mol. The van der Waals surface area contributed by atoms with E-state index in [4.69, 9.17) is 19.9 Å². The maximum Gasteiger partial charge on any atom is 0.0978 e. The summed E-state index contributed by atoms with van der Waals surface area (Å²) in [5.74, 6) is 0. The molecule has 0 aliphatic heterocycles. The maximum absolute atomic E-state index is 5.21. The van der Waals surface area contributed by atoms with Gasteiger partial charge in [0.15, 0.2) is 0 Å². The number of nitrogens with zero attached hydrogens (tertiary/aromatic N) is 4. The van der Waals surface area contributed by atoms with Crippen molar-refractivity contribution in [2.24, 2.45) is 0 Å². The van der Waals surface area contributed by atoms with Gasteiger partial charge in [0.1, 0.15) is 0 Å². The average Bonchev–Trinajstić information content (AvgIpc) is 3.20. The van der Waals surface area contributed by atoms with Gasteiger partial charge in [0.05, 0.1) is 39.0 Å². The summed E-state index contributed by atoms with van der Waals surface area (Å²) in [5, 5.41) is 5.43. The molecule has 0 unspecified atom stereocenters. The van der Waals surface area contributed by atoms with E-state index in [1.807, 2.05) is 36.5 Å². The van der Waals surface area contributed by atoms with Crippen LogP contribution in [0, 0.1) is 0 Å². The van der Waals surface area contributed by atoms with Crippen molar-refractivity contribution in [1.29, 1.82) is 0 Å². The number of rotatable bonds is 4. The first-order valence-electron chi connectivity index (χ1n) is 16.8. The van der Waals surface area contributed by atoms with Gasteiger partial charge in [-0.1, -0.05) is 140 Å². The zero-order valence-corrected chi connectivity index (χ0v) is 27.0. The van der Waals surface area contributed by atoms with Crippen molar-refractivity contribution in [3.63, 3.8) is 0 Å². The normalized spacial score (nSPS) is 11.6. The molecule has 0 saturated carbocycles. The second-order valence-electron chi connectivity index (χ2n) is 12.6. The Morgan fingerprint density at radius 3 is 1.76 bits per heavy atom. The number of pyridine rings is 4. The van der Waals surface area contributed by atoms with E-state index in [2.05, 4.69) is 133 Å². The van der Waals surface area contributed by atoms with E-state index >= 15 is 0 Å². The van der Waals surface area contributed by atoms with E-state index in [-0.39, 0.29) is 0 Å². The van der Waals surface area contributed by atoms with Crippen molar-refractivity contribution in [1.82, 2.24) is 19.9 Å². The van der Waals surface area contributed by atoms with E-state index in [1.54, 1.807) is 0 Å². The predicted octanol–water partition coefficient (Wildman–Crippen LogP) is 11.7. The van der Waals surface area contributed by atoms with Crippen molar-refractivity contribution < 1.29 is 0 Å². The fourth-order valence-electron chi connectivity index (χ4n) is 7.26. The number of hydrogen-bond acceptors (Lipinski definition) is 4. The van der Waals surface area contributed by atoms with Crippen LogP contribution in [0.3, 0.4) is 0 Å². The van der Waals surface area contributed by atoms with Gasteiger partial charge in [-0.25, -0.2) is 15.0 Å². The Morgan fingerprint density at radius 1 is 0.340 bits per heavy atom. The number of benzene rings is 6. The van der Waals surface area contributed by atoms with Crippen LogP contribution >= 0.6 is 0 Å². The highest BCUT2D eigenvalue weighted by Gasteiger charge is 2.17. The first-order chi connectivity index (χ1) is 24.8. The molecule has 4 heterocycles. The van der Waals surface area contributed by atoms with Gasteiger partial charge in [0.25, 0.3) is 0 Å². The summed E-state index contributed by atoms with van der Waals surface area (Å²) in [5.41, 5.74) is 13.1. The summed E-state index contributed by atoms with van der Waals surface area (Å²) in [4.78, 5) is 20.3. The molecule has 0 aliphatic carbocycles. The molecular weight excluding hydrogens is 609 g/mol. The van der Waals surface area contributed by atoms with Crippen LogP contribution in [-0.2, 0) is 0 Å². The van der Waals surface area contributed by atoms with Crippen molar-refractivity contribution in [3.05, 3.63) is 170 Å². The third-order valence-electron chi connectivity index (χ3n) is 9.69. The van der Waals surface area contributed by atoms with Gasteiger partial charge in [-0.3, -0.25) is 4.98 Å². The maximum atomic E-state index is 5.21. The molecule has 4 aromatic heterocycles. The molecule has 10 rings (SSSR count). The van der Waals surface area contributed by atoms with Crippen LogP contribution in [0.25, 0.3) is 99.3 Å². The molecule has 0 spiro atoms. The lowest BCUT2D eigenvalue weighted by atomic mass is 9.92. The van der Waals surface area contributed by atoms with Gasteiger partial charge in [-0.2, -0.15) is 0 Å². The minimum Gasteiger partial charge on any atom is -0.254 e. The summed E-state index contributed by atoms with van der Waals surface area (Å²) in [7, 11) is 0. The summed E-state index contributed by atoms with van der Waals surface area (Å²) >= 11 is 0. The summed E-state index contributed by atoms with van der Waals surface area (Å²) in [6.45, 7) is 0. The lowest BCUT2D eigenvalue weighted by molar-refractivity contribution is 1.37. The smallest absolute Gasteiger partial charge is 0.0978 e. The minimum absolute atomic E-state index is 0.906. The first-order valence-corrected chi connectivity index (χ1v) is 16.8. The standard InChI is InChI=1S/C46H28N4/c1-3-10-30(11-4-1)39-26-23-34-22-25-37-42(36-15-7-8-16-40(36)49-46(37)44(34)48-39)32-19-17-29(18-20-32)38-28-41(31-12-5-2-6-13-31)50-45-35(38)24-21-33-14-9-27-47-43(33)45/h1-28H. The summed E-state index contributed by atoms with van der Waals surface area (Å²) < 4.78 is 0. The highest BCUT2D eigenvalue weighted by molar-refractivity contribution is 6.16. The minimum atomic E-state index is 0.906. The molecule has 0 amide bonds. The summed E-state index contributed by atoms with van der Waals surface area (Å²) in [6, 6.07) is 57.3. The molecule has 50 heavy (non-hydrogen) atoms. The Bertz CT molecular complexity index is 2900. The van der Waals surface area contributed by atoms with Gasteiger partial charge in [0.2, 0.25) is 0 Å². The Morgan fingerprint density at radius 2 is 0.960 bits per heavy atom. The van der Waals surface area contributed by atoms with Gasteiger partial charge >= 0.3 is 0 Å². The molecular formula is C46H28N4. The zero-order chi connectivity index (χ0) is 33.0. The highest BCUT2D eigenvalue weighted by atomic mass is 14.8. The topological polar surface area (TPSA) is 51.6 Å². The fraction of sp³-hybridized carbons (Fsp3) is 0. The van der Waals surface area contributed by atoms with E-state index in [9.17, 15) is 0 Å². The van der Waals surface area contributed by atoms with Crippen molar-refractivity contribution in [3.8, 4) is 44.8 Å². The second-order valence-corrected chi connectivity index (χ2v) is 12.6. The van der Waals surface area contributed by atoms with E-state index < -0.39 is 0 Å². The van der Waals surface area contributed by atoms with Gasteiger partial charge in [-0.15, -0.1) is 0 Å². The van der Waals surface area contributed by atoms with Gasteiger partial charge in [0, 0.05) is 49.8 Å². The largest absolute Gasteiger partial charge is 0.254 e.